The van der Waals surface area contributed by atoms with Crippen molar-refractivity contribution >= 4 is 11.9 Å². The number of nitrogens with one attached hydrogen (secondary N) is 3. The highest BCUT2D eigenvalue weighted by atomic mass is 16.5. The van der Waals surface area contributed by atoms with Crippen LogP contribution >= 0.6 is 0 Å². The van der Waals surface area contributed by atoms with Gasteiger partial charge in [-0.2, -0.15) is 0 Å². The number of carbonyl (C=O) groups is 1. The SMILES string of the molecule is CN=C(NCCc1cccc(C(=O)NC)c1)NCC(C)Oc1ccc(C)cc1. The standard InChI is InChI=1S/C22H30N4O2/c1-16-8-10-20(11-9-16)28-17(2)15-26-22(24-4)25-13-12-18-6-5-7-19(14-18)21(27)23-3/h5-11,14,17H,12-13,15H2,1-4H3,(H,23,27)(H2,24,25,26). The van der Waals surface area contributed by atoms with E-state index in [1.54, 1.807) is 14.1 Å². The van der Waals surface area contributed by atoms with Crippen LogP contribution in [0.5, 0.6) is 5.75 Å². The molecule has 0 saturated carbocycles. The quantitative estimate of drug-likeness (QED) is 0.484. The van der Waals surface area contributed by atoms with Crippen molar-refractivity contribution in [3.63, 3.8) is 0 Å². The highest BCUT2D eigenvalue weighted by Gasteiger charge is 2.07. The van der Waals surface area contributed by atoms with Gasteiger partial charge in [0.1, 0.15) is 11.9 Å². The van der Waals surface area contributed by atoms with Gasteiger partial charge in [0.2, 0.25) is 0 Å². The maximum atomic E-state index is 11.7. The minimum atomic E-state index is -0.0742. The number of hydrogen-bond donors (Lipinski definition) is 3. The van der Waals surface area contributed by atoms with Gasteiger partial charge in [0, 0.05) is 26.2 Å². The first-order valence-corrected chi connectivity index (χ1v) is 9.50. The summed E-state index contributed by atoms with van der Waals surface area (Å²) in [6.07, 6.45) is 0.798. The minimum Gasteiger partial charge on any atom is -0.489 e. The average molecular weight is 383 g/mol. The molecule has 2 aromatic rings. The largest absolute Gasteiger partial charge is 0.489 e. The van der Waals surface area contributed by atoms with Crippen LogP contribution in [0.25, 0.3) is 0 Å². The van der Waals surface area contributed by atoms with Gasteiger partial charge in [-0.15, -0.1) is 0 Å². The molecule has 0 aromatic heterocycles. The van der Waals surface area contributed by atoms with Crippen LogP contribution in [-0.2, 0) is 6.42 Å². The van der Waals surface area contributed by atoms with Crippen molar-refractivity contribution in [2.24, 2.45) is 4.99 Å². The molecular weight excluding hydrogens is 352 g/mol. The molecule has 0 fully saturated rings. The summed E-state index contributed by atoms with van der Waals surface area (Å²) < 4.78 is 5.90. The van der Waals surface area contributed by atoms with E-state index in [0.717, 1.165) is 23.7 Å². The van der Waals surface area contributed by atoms with Crippen LogP contribution in [0.1, 0.15) is 28.4 Å². The Morgan fingerprint density at radius 3 is 2.57 bits per heavy atom. The highest BCUT2D eigenvalue weighted by molar-refractivity contribution is 5.94. The van der Waals surface area contributed by atoms with Gasteiger partial charge in [-0.25, -0.2) is 0 Å². The Bertz CT molecular complexity index is 787. The number of carbonyl (C=O) groups excluding carboxylic acids is 1. The normalized spacial score (nSPS) is 12.2. The van der Waals surface area contributed by atoms with E-state index in [4.69, 9.17) is 4.74 Å². The van der Waals surface area contributed by atoms with E-state index in [2.05, 4.69) is 27.9 Å². The second kappa shape index (κ2) is 11.0. The molecule has 0 aliphatic heterocycles. The topological polar surface area (TPSA) is 74.8 Å². The van der Waals surface area contributed by atoms with E-state index in [-0.39, 0.29) is 12.0 Å². The second-order valence-corrected chi connectivity index (χ2v) is 6.65. The van der Waals surface area contributed by atoms with Crippen LogP contribution in [0.3, 0.4) is 0 Å². The summed E-state index contributed by atoms with van der Waals surface area (Å²) in [5, 5.41) is 9.21. The third-order valence-electron chi connectivity index (χ3n) is 4.26. The van der Waals surface area contributed by atoms with Gasteiger partial charge in [0.05, 0.1) is 6.54 Å². The van der Waals surface area contributed by atoms with E-state index >= 15 is 0 Å². The molecule has 0 spiro atoms. The molecule has 2 rings (SSSR count). The number of nitrogens with zero attached hydrogens (tertiary/aromatic N) is 1. The molecule has 3 N–H and O–H groups in total. The van der Waals surface area contributed by atoms with Crippen molar-refractivity contribution in [3.05, 3.63) is 65.2 Å². The monoisotopic (exact) mass is 382 g/mol. The smallest absolute Gasteiger partial charge is 0.251 e. The van der Waals surface area contributed by atoms with Crippen molar-refractivity contribution in [1.82, 2.24) is 16.0 Å². The number of hydrogen-bond acceptors (Lipinski definition) is 3. The average Bonchev–Trinajstić information content (AvgIpc) is 2.71. The molecular formula is C22H30N4O2. The Labute approximate surface area is 167 Å². The molecule has 0 saturated heterocycles. The minimum absolute atomic E-state index is 0.00509. The third-order valence-corrected chi connectivity index (χ3v) is 4.26. The number of amides is 1. The predicted octanol–water partition coefficient (Wildman–Crippen LogP) is 2.53. The summed E-state index contributed by atoms with van der Waals surface area (Å²) in [5.41, 5.74) is 2.98. The van der Waals surface area contributed by atoms with Gasteiger partial charge < -0.3 is 20.7 Å². The van der Waals surface area contributed by atoms with Crippen molar-refractivity contribution in [2.75, 3.05) is 27.2 Å². The molecule has 0 aliphatic rings. The Hall–Kier alpha value is -3.02. The van der Waals surface area contributed by atoms with Crippen LogP contribution in [0.4, 0.5) is 0 Å². The molecule has 6 heteroatoms. The van der Waals surface area contributed by atoms with Crippen molar-refractivity contribution in [2.45, 2.75) is 26.4 Å². The van der Waals surface area contributed by atoms with E-state index in [1.165, 1.54) is 5.56 Å². The summed E-state index contributed by atoms with van der Waals surface area (Å²) in [6, 6.07) is 15.7. The van der Waals surface area contributed by atoms with Gasteiger partial charge in [0.25, 0.3) is 5.91 Å². The number of aryl methyl sites for hydroxylation is 1. The second-order valence-electron chi connectivity index (χ2n) is 6.65. The van der Waals surface area contributed by atoms with Crippen molar-refractivity contribution < 1.29 is 9.53 Å². The van der Waals surface area contributed by atoms with Gasteiger partial charge in [0.15, 0.2) is 5.96 Å². The van der Waals surface area contributed by atoms with E-state index < -0.39 is 0 Å². The summed E-state index contributed by atoms with van der Waals surface area (Å²) >= 11 is 0. The molecule has 6 nitrogen and oxygen atoms in total. The van der Waals surface area contributed by atoms with Crippen molar-refractivity contribution in [1.29, 1.82) is 0 Å². The van der Waals surface area contributed by atoms with Crippen molar-refractivity contribution in [3.8, 4) is 5.75 Å². The Kier molecular flexibility index (Phi) is 8.34. The first kappa shape index (κ1) is 21.3. The lowest BCUT2D eigenvalue weighted by atomic mass is 10.1. The molecule has 1 atom stereocenters. The summed E-state index contributed by atoms with van der Waals surface area (Å²) in [6.45, 7) is 5.42. The first-order chi connectivity index (χ1) is 13.5. The van der Waals surface area contributed by atoms with Gasteiger partial charge in [-0.3, -0.25) is 9.79 Å². The number of guanidine groups is 1. The molecule has 2 aromatic carbocycles. The summed E-state index contributed by atoms with van der Waals surface area (Å²) in [5.74, 6) is 1.51. The third kappa shape index (κ3) is 6.95. The lowest BCUT2D eigenvalue weighted by molar-refractivity contribution is 0.0963. The molecule has 150 valence electrons. The van der Waals surface area contributed by atoms with E-state index in [1.807, 2.05) is 55.5 Å². The fraction of sp³-hybridized carbons (Fsp3) is 0.364. The van der Waals surface area contributed by atoms with Crippen LogP contribution < -0.4 is 20.7 Å². The van der Waals surface area contributed by atoms with Gasteiger partial charge in [-0.05, 0) is 50.1 Å². The van der Waals surface area contributed by atoms with Crippen LogP contribution in [0.15, 0.2) is 53.5 Å². The zero-order chi connectivity index (χ0) is 20.4. The first-order valence-electron chi connectivity index (χ1n) is 9.50. The molecule has 0 radical (unpaired) electrons. The van der Waals surface area contributed by atoms with Crippen LogP contribution in [0, 0.1) is 6.92 Å². The number of rotatable bonds is 8. The molecule has 0 heterocycles. The fourth-order valence-electron chi connectivity index (χ4n) is 2.69. The Morgan fingerprint density at radius 1 is 1.14 bits per heavy atom. The highest BCUT2D eigenvalue weighted by Crippen LogP contribution is 2.13. The van der Waals surface area contributed by atoms with E-state index in [9.17, 15) is 4.79 Å². The summed E-state index contributed by atoms with van der Waals surface area (Å²) in [7, 11) is 3.38. The zero-order valence-electron chi connectivity index (χ0n) is 17.1. The summed E-state index contributed by atoms with van der Waals surface area (Å²) in [4.78, 5) is 16.0. The zero-order valence-corrected chi connectivity index (χ0v) is 17.1. The fourth-order valence-corrected chi connectivity index (χ4v) is 2.69. The molecule has 0 aliphatic carbocycles. The maximum absolute atomic E-state index is 11.7. The van der Waals surface area contributed by atoms with E-state index in [0.29, 0.717) is 18.7 Å². The number of ether oxygens (including phenoxy) is 1. The van der Waals surface area contributed by atoms with Gasteiger partial charge >= 0.3 is 0 Å². The molecule has 28 heavy (non-hydrogen) atoms. The predicted molar refractivity (Wildman–Crippen MR) is 114 cm³/mol. The molecule has 1 amide bonds. The number of aliphatic imine (C=N–C) groups is 1. The molecule has 0 bridgehead atoms. The van der Waals surface area contributed by atoms with Crippen LogP contribution in [-0.4, -0.2) is 45.2 Å². The Balaban J connectivity index is 1.75. The van der Waals surface area contributed by atoms with Crippen LogP contribution in [0.2, 0.25) is 0 Å². The molecule has 1 unspecified atom stereocenters. The maximum Gasteiger partial charge on any atom is 0.251 e. The number of benzene rings is 2. The lowest BCUT2D eigenvalue weighted by Crippen LogP contribution is -2.42. The van der Waals surface area contributed by atoms with Gasteiger partial charge in [-0.1, -0.05) is 29.8 Å². The lowest BCUT2D eigenvalue weighted by Gasteiger charge is -2.18. The Morgan fingerprint density at radius 2 is 1.89 bits per heavy atom.